The van der Waals surface area contributed by atoms with Gasteiger partial charge in [-0.15, -0.1) is 10.2 Å². The van der Waals surface area contributed by atoms with Gasteiger partial charge in [-0.05, 0) is 93.0 Å². The van der Waals surface area contributed by atoms with E-state index in [1.807, 2.05) is 0 Å². The largest absolute Gasteiger partial charge is 1.00 e. The van der Waals surface area contributed by atoms with Gasteiger partial charge in [0.25, 0.3) is 30.4 Å². The van der Waals surface area contributed by atoms with Gasteiger partial charge in [0.1, 0.15) is 9.79 Å². The Morgan fingerprint density at radius 1 is 0.491 bits per heavy atom. The first-order valence-electron chi connectivity index (χ1n) is 13.6. The molecule has 23 heteroatoms. The molecule has 0 unspecified atom stereocenters. The van der Waals surface area contributed by atoms with Gasteiger partial charge in [0.2, 0.25) is 0 Å². The summed E-state index contributed by atoms with van der Waals surface area (Å²) in [7, 11) is -14.8. The molecule has 0 aliphatic carbocycles. The summed E-state index contributed by atoms with van der Waals surface area (Å²) in [5.74, 6) is -2.63. The van der Waals surface area contributed by atoms with E-state index in [4.69, 9.17) is 5.73 Å². The van der Waals surface area contributed by atoms with Crippen LogP contribution < -0.4 is 110 Å². The maximum absolute atomic E-state index is 13.4. The molecule has 256 valence electrons. The van der Waals surface area contributed by atoms with Crippen LogP contribution in [0.2, 0.25) is 0 Å². The second kappa shape index (κ2) is 16.5. The molecule has 0 aromatic heterocycles. The van der Waals surface area contributed by atoms with Crippen molar-refractivity contribution in [3.8, 4) is 17.2 Å². The molecule has 5 N–H and O–H groups in total. The van der Waals surface area contributed by atoms with Crippen LogP contribution in [0.3, 0.4) is 0 Å². The second-order valence-corrected chi connectivity index (χ2v) is 14.8. The summed E-state index contributed by atoms with van der Waals surface area (Å²) in [6.45, 7) is 0. The number of hydrogen-bond acceptors (Lipinski definition) is 14. The third-order valence-electron chi connectivity index (χ3n) is 7.33. The number of fused-ring (bicyclic) bond motifs is 3. The van der Waals surface area contributed by atoms with Crippen LogP contribution in [0.1, 0.15) is 0 Å². The molecule has 0 heterocycles. The van der Waals surface area contributed by atoms with Crippen LogP contribution in [-0.4, -0.2) is 38.9 Å². The average Bonchev–Trinajstić information content (AvgIpc) is 3.02. The number of benzene rings is 6. The van der Waals surface area contributed by atoms with Gasteiger partial charge >= 0.3 is 88.7 Å². The summed E-state index contributed by atoms with van der Waals surface area (Å²) in [6, 6.07) is 14.9. The van der Waals surface area contributed by atoms with E-state index in [9.17, 15) is 54.2 Å². The maximum atomic E-state index is 13.4. The van der Waals surface area contributed by atoms with E-state index in [1.54, 1.807) is 0 Å². The van der Waals surface area contributed by atoms with Crippen LogP contribution in [0.4, 0.5) is 28.4 Å². The molecule has 0 amide bonds. The molecule has 0 radical (unpaired) electrons. The maximum Gasteiger partial charge on any atom is 1.00 e. The molecule has 6 aromatic carbocycles. The zero-order chi connectivity index (χ0) is 36.3. The first kappa shape index (κ1) is 44.6. The van der Waals surface area contributed by atoms with Gasteiger partial charge in [0.05, 0.1) is 27.6 Å². The standard InChI is InChI=1S/C30H21N5O12S3.3Na/c31-17-1-4-22-14(7-17)11-25(49(42,43)44)27(29(22)37)34-33-19-3-6-23-16(9-19)12-26(50(45,46)47)28(30(23)38)35-32-18-2-5-21-15(8-18)10-20(13-24(21)36)48(39,40)41;;;/h1-13,36-38H,31H2,(H,39,40,41)(H,42,43,44)(H,45,46,47);;;/q;3*+1/p-3. The second-order valence-electron chi connectivity index (χ2n) is 10.6. The van der Waals surface area contributed by atoms with Crippen LogP contribution >= 0.6 is 0 Å². The molecule has 53 heavy (non-hydrogen) atoms. The zero-order valence-corrected chi connectivity index (χ0v) is 36.1. The molecule has 0 atom stereocenters. The Labute approximate surface area is 366 Å². The number of nitrogens with zero attached hydrogens (tertiary/aromatic N) is 4. The van der Waals surface area contributed by atoms with Gasteiger partial charge in [0, 0.05) is 5.69 Å². The Kier molecular flexibility index (Phi) is 13.9. The zero-order valence-electron chi connectivity index (χ0n) is 27.6. The van der Waals surface area contributed by atoms with Crippen LogP contribution in [0.5, 0.6) is 17.2 Å². The van der Waals surface area contributed by atoms with Crippen molar-refractivity contribution in [3.63, 3.8) is 0 Å². The molecule has 0 fully saturated rings. The Morgan fingerprint density at radius 3 is 1.36 bits per heavy atom. The third kappa shape index (κ3) is 9.37. The van der Waals surface area contributed by atoms with Crippen LogP contribution in [0.25, 0.3) is 32.3 Å². The smallest absolute Gasteiger partial charge is 0.872 e. The predicted octanol–water partition coefficient (Wildman–Crippen LogP) is -4.47. The molecule has 0 aliphatic heterocycles. The topological polar surface area (TPSA) is 308 Å². The van der Waals surface area contributed by atoms with E-state index in [0.717, 1.165) is 30.3 Å². The van der Waals surface area contributed by atoms with E-state index in [2.05, 4.69) is 20.5 Å². The van der Waals surface area contributed by atoms with Crippen molar-refractivity contribution < 1.29 is 143 Å². The SMILES string of the molecule is Nc1ccc2c([O-])c(N=Nc3ccc4c([O-])c(N=Nc5ccc6c([O-])cc(S(=O)(=O)O)cc6c5)c(S(=O)(=O)O)cc4c3)c(S(=O)(=O)O)cc2c1.[Na+].[Na+].[Na+]. The van der Waals surface area contributed by atoms with Crippen LogP contribution in [-0.2, 0) is 30.4 Å². The van der Waals surface area contributed by atoms with Gasteiger partial charge in [-0.2, -0.15) is 35.5 Å². The van der Waals surface area contributed by atoms with E-state index in [-0.39, 0.29) is 138 Å². The van der Waals surface area contributed by atoms with Crippen molar-refractivity contribution in [2.24, 2.45) is 20.5 Å². The minimum Gasteiger partial charge on any atom is -0.872 e. The summed E-state index contributed by atoms with van der Waals surface area (Å²) in [5, 5.41) is 53.9. The van der Waals surface area contributed by atoms with E-state index >= 15 is 0 Å². The summed E-state index contributed by atoms with van der Waals surface area (Å²) >= 11 is 0. The van der Waals surface area contributed by atoms with Crippen molar-refractivity contribution in [1.82, 2.24) is 0 Å². The molecular formula is C30H18N5Na3O12S3. The summed E-state index contributed by atoms with van der Waals surface area (Å²) in [5.41, 5.74) is 4.21. The molecule has 0 saturated heterocycles. The van der Waals surface area contributed by atoms with Crippen LogP contribution in [0.15, 0.2) is 114 Å². The molecule has 0 saturated carbocycles. The molecule has 0 spiro atoms. The van der Waals surface area contributed by atoms with E-state index in [1.165, 1.54) is 48.5 Å². The predicted molar refractivity (Wildman–Crippen MR) is 172 cm³/mol. The summed E-state index contributed by atoms with van der Waals surface area (Å²) in [4.78, 5) is -2.49. The number of anilines is 1. The minimum atomic E-state index is -5.12. The quantitative estimate of drug-likeness (QED) is 0.0513. The van der Waals surface area contributed by atoms with Gasteiger partial charge in [-0.25, -0.2) is 0 Å². The summed E-state index contributed by atoms with van der Waals surface area (Å²) in [6.07, 6.45) is 0. The Bertz CT molecular complexity index is 2860. The fourth-order valence-corrected chi connectivity index (χ4v) is 6.89. The first-order chi connectivity index (χ1) is 23.3. The molecule has 0 aliphatic rings. The van der Waals surface area contributed by atoms with Gasteiger partial charge in [-0.1, -0.05) is 35.4 Å². The van der Waals surface area contributed by atoms with E-state index in [0.29, 0.717) is 0 Å². The molecule has 6 aromatic rings. The van der Waals surface area contributed by atoms with Crippen molar-refractivity contribution in [1.29, 1.82) is 0 Å². The molecule has 6 rings (SSSR count). The van der Waals surface area contributed by atoms with Crippen molar-refractivity contribution in [2.45, 2.75) is 14.7 Å². The Balaban J connectivity index is 0.00000252. The summed E-state index contributed by atoms with van der Waals surface area (Å²) < 4.78 is 101. The molecule has 17 nitrogen and oxygen atoms in total. The Morgan fingerprint density at radius 2 is 0.906 bits per heavy atom. The van der Waals surface area contributed by atoms with E-state index < -0.39 is 73.7 Å². The number of hydrogen-bond donors (Lipinski definition) is 4. The molecule has 0 bridgehead atoms. The van der Waals surface area contributed by atoms with Crippen LogP contribution in [0, 0.1) is 0 Å². The van der Waals surface area contributed by atoms with Crippen molar-refractivity contribution in [2.75, 3.05) is 5.73 Å². The normalized spacial score (nSPS) is 12.2. The fraction of sp³-hybridized carbons (Fsp3) is 0. The monoisotopic (exact) mass is 805 g/mol. The van der Waals surface area contributed by atoms with Crippen molar-refractivity contribution in [3.05, 3.63) is 78.9 Å². The van der Waals surface area contributed by atoms with Gasteiger partial charge in [-0.3, -0.25) is 13.7 Å². The number of azo groups is 2. The number of rotatable bonds is 7. The molecular weight excluding hydrogens is 788 g/mol. The minimum absolute atomic E-state index is 0. The first-order valence-corrected chi connectivity index (χ1v) is 17.9. The van der Waals surface area contributed by atoms with Crippen molar-refractivity contribution >= 4 is 91.1 Å². The van der Waals surface area contributed by atoms with Gasteiger partial charge < -0.3 is 21.1 Å². The fourth-order valence-electron chi connectivity index (χ4n) is 5.05. The average molecular weight is 806 g/mol. The third-order valence-corrected chi connectivity index (χ3v) is 9.89. The number of nitrogens with two attached hydrogens (primary N) is 1. The number of nitrogen functional groups attached to an aromatic ring is 1. The Hall–Kier alpha value is -2.77. The van der Waals surface area contributed by atoms with Gasteiger partial charge in [0.15, 0.2) is 0 Å².